The van der Waals surface area contributed by atoms with Crippen molar-refractivity contribution in [2.45, 2.75) is 6.04 Å². The minimum absolute atomic E-state index is 0. The van der Waals surface area contributed by atoms with Gasteiger partial charge in [0, 0.05) is 19.1 Å². The van der Waals surface area contributed by atoms with E-state index >= 15 is 0 Å². The third-order valence-electron chi connectivity index (χ3n) is 3.65. The summed E-state index contributed by atoms with van der Waals surface area (Å²) in [6.45, 7) is 1.50. The molecule has 4 aromatic carbocycles. The van der Waals surface area contributed by atoms with Gasteiger partial charge in [0.1, 0.15) is 0 Å². The van der Waals surface area contributed by atoms with E-state index in [4.69, 9.17) is 5.73 Å². The van der Waals surface area contributed by atoms with E-state index < -0.39 is 0 Å². The molecule has 0 spiro atoms. The van der Waals surface area contributed by atoms with Crippen molar-refractivity contribution in [1.29, 1.82) is 0 Å². The molecular weight excluding hydrogens is 416 g/mol. The Morgan fingerprint density at radius 2 is 1.15 bits per heavy atom. The van der Waals surface area contributed by atoms with Crippen LogP contribution in [0.5, 0.6) is 0 Å². The first-order valence-electron chi connectivity index (χ1n) is 8.62. The van der Waals surface area contributed by atoms with Crippen LogP contribution in [0.3, 0.4) is 0 Å². The molecule has 4 heteroatoms. The summed E-state index contributed by atoms with van der Waals surface area (Å²) in [4.78, 5) is 0. The smallest absolute Gasteiger partial charge is 0.329 e. The predicted molar refractivity (Wildman–Crippen MR) is 107 cm³/mol. The molecule has 0 radical (unpaired) electrons. The molecule has 0 bridgehead atoms. The topological polar surface area (TPSA) is 38.0 Å². The zero-order valence-corrected chi connectivity index (χ0v) is 17.4. The Kier molecular flexibility index (Phi) is 15.5. The quantitative estimate of drug-likeness (QED) is 0.351. The van der Waals surface area contributed by atoms with Crippen LogP contribution < -0.4 is 11.1 Å². The van der Waals surface area contributed by atoms with Crippen molar-refractivity contribution in [1.82, 2.24) is 5.32 Å². The first kappa shape index (κ1) is 25.4. The Balaban J connectivity index is 0.000000465. The normalized spacial score (nSPS) is 9.11. The molecule has 0 amide bonds. The van der Waals surface area contributed by atoms with Gasteiger partial charge < -0.3 is 11.1 Å². The van der Waals surface area contributed by atoms with Crippen molar-refractivity contribution >= 4 is 0 Å². The van der Waals surface area contributed by atoms with Crippen LogP contribution in [0.2, 0.25) is 0 Å². The van der Waals surface area contributed by atoms with Gasteiger partial charge in [-0.3, -0.25) is 0 Å². The van der Waals surface area contributed by atoms with E-state index in [1.807, 2.05) is 60.7 Å². The molecule has 0 saturated heterocycles. The summed E-state index contributed by atoms with van der Waals surface area (Å²) in [5.74, 6) is 0. The van der Waals surface area contributed by atoms with Gasteiger partial charge in [-0.25, -0.2) is 48.5 Å². The van der Waals surface area contributed by atoms with Gasteiger partial charge in [0.15, 0.2) is 0 Å². The fraction of sp³-hybridized carbons (Fsp3) is 0.130. The maximum atomic E-state index is 5.52. The Hall–Kier alpha value is -1.64. The van der Waals surface area contributed by atoms with Crippen LogP contribution in [0.1, 0.15) is 17.2 Å². The largest absolute Gasteiger partial charge is 2.00 e. The SMILES string of the molecule is NCCNC(c1ccc[cH-]1)c1ccc[cH-]1.[Fe+2].[Fe+2].c1cc[cH-]c1.c1cc[cH-]c1. The average Bonchev–Trinajstić information content (AvgIpc) is 3.49. The second-order valence-corrected chi connectivity index (χ2v) is 5.54. The first-order valence-corrected chi connectivity index (χ1v) is 8.62. The molecule has 0 unspecified atom stereocenters. The molecule has 0 heterocycles. The van der Waals surface area contributed by atoms with Gasteiger partial charge >= 0.3 is 34.1 Å². The van der Waals surface area contributed by atoms with Crippen LogP contribution in [0.15, 0.2) is 109 Å². The van der Waals surface area contributed by atoms with E-state index in [1.165, 1.54) is 11.1 Å². The summed E-state index contributed by atoms with van der Waals surface area (Å²) < 4.78 is 0. The molecule has 0 aromatic heterocycles. The Labute approximate surface area is 184 Å². The van der Waals surface area contributed by atoms with Crippen LogP contribution in [0, 0.1) is 0 Å². The van der Waals surface area contributed by atoms with E-state index in [2.05, 4.69) is 53.8 Å². The monoisotopic (exact) mass is 442 g/mol. The zero-order valence-electron chi connectivity index (χ0n) is 15.2. The average molecular weight is 442 g/mol. The van der Waals surface area contributed by atoms with Crippen molar-refractivity contribution < 1.29 is 34.1 Å². The molecular formula is C23H26Fe2N2. The number of rotatable bonds is 5. The maximum absolute atomic E-state index is 5.52. The Morgan fingerprint density at radius 1 is 0.704 bits per heavy atom. The first-order chi connectivity index (χ1) is 12.4. The van der Waals surface area contributed by atoms with Crippen LogP contribution in [0.4, 0.5) is 0 Å². The molecule has 0 atom stereocenters. The summed E-state index contributed by atoms with van der Waals surface area (Å²) >= 11 is 0. The maximum Gasteiger partial charge on any atom is 2.00 e. The van der Waals surface area contributed by atoms with E-state index in [1.54, 1.807) is 0 Å². The van der Waals surface area contributed by atoms with E-state index in [0.29, 0.717) is 6.54 Å². The third kappa shape index (κ3) is 10.3. The molecule has 2 nitrogen and oxygen atoms in total. The fourth-order valence-corrected chi connectivity index (χ4v) is 2.46. The third-order valence-corrected chi connectivity index (χ3v) is 3.65. The van der Waals surface area contributed by atoms with E-state index in [9.17, 15) is 0 Å². The van der Waals surface area contributed by atoms with Crippen LogP contribution >= 0.6 is 0 Å². The van der Waals surface area contributed by atoms with Crippen molar-refractivity contribution in [2.75, 3.05) is 13.1 Å². The van der Waals surface area contributed by atoms with Crippen LogP contribution in [-0.4, -0.2) is 13.1 Å². The van der Waals surface area contributed by atoms with Gasteiger partial charge in [0.25, 0.3) is 0 Å². The predicted octanol–water partition coefficient (Wildman–Crippen LogP) is 4.57. The van der Waals surface area contributed by atoms with Gasteiger partial charge in [-0.1, -0.05) is 0 Å². The number of hydrogen-bond donors (Lipinski definition) is 2. The summed E-state index contributed by atoms with van der Waals surface area (Å²) in [6.07, 6.45) is 0. The molecule has 0 fully saturated rings. The second kappa shape index (κ2) is 16.5. The van der Waals surface area contributed by atoms with Gasteiger partial charge in [-0.05, 0) is 0 Å². The molecule has 3 N–H and O–H groups in total. The van der Waals surface area contributed by atoms with Crippen LogP contribution in [-0.2, 0) is 34.1 Å². The minimum Gasteiger partial charge on any atom is -0.329 e. The number of nitrogens with one attached hydrogen (secondary N) is 1. The zero-order chi connectivity index (χ0) is 17.6. The Morgan fingerprint density at radius 3 is 1.41 bits per heavy atom. The van der Waals surface area contributed by atoms with Gasteiger partial charge in [0.2, 0.25) is 0 Å². The van der Waals surface area contributed by atoms with Crippen molar-refractivity contribution in [3.05, 3.63) is 120 Å². The standard InChI is InChI=1S/C13H16N2.2C5H5.2Fe/c14-9-10-15-13(11-5-1-2-6-11)12-7-3-4-8-12;2*1-2-4-5-3-1;;/h1-8,13,15H,9-10,14H2;2*1-5H;;/q-2;2*-1;2*+2. The minimum atomic E-state index is 0. The molecule has 144 valence electrons. The molecule has 27 heavy (non-hydrogen) atoms. The number of nitrogens with two attached hydrogens (primary N) is 1. The summed E-state index contributed by atoms with van der Waals surface area (Å²) in [5, 5.41) is 3.45. The van der Waals surface area contributed by atoms with Gasteiger partial charge in [-0.2, -0.15) is 60.7 Å². The van der Waals surface area contributed by atoms with E-state index in [-0.39, 0.29) is 40.2 Å². The molecule has 4 aromatic rings. The fourth-order valence-electron chi connectivity index (χ4n) is 2.46. The molecule has 0 aliphatic heterocycles. The summed E-state index contributed by atoms with van der Waals surface area (Å²) in [6, 6.07) is 37.1. The molecule has 0 aliphatic rings. The van der Waals surface area contributed by atoms with Gasteiger partial charge in [-0.15, -0.1) is 11.1 Å². The summed E-state index contributed by atoms with van der Waals surface area (Å²) in [5.41, 5.74) is 8.12. The molecule has 4 rings (SSSR count). The molecule has 0 aliphatic carbocycles. The van der Waals surface area contributed by atoms with Crippen molar-refractivity contribution in [3.8, 4) is 0 Å². The van der Waals surface area contributed by atoms with Gasteiger partial charge in [0.05, 0.1) is 0 Å². The Bertz CT molecular complexity index is 602. The summed E-state index contributed by atoms with van der Waals surface area (Å²) in [7, 11) is 0. The molecule has 0 saturated carbocycles. The van der Waals surface area contributed by atoms with Crippen LogP contribution in [0.25, 0.3) is 0 Å². The van der Waals surface area contributed by atoms with Crippen molar-refractivity contribution in [2.24, 2.45) is 5.73 Å². The second-order valence-electron chi connectivity index (χ2n) is 5.54. The number of hydrogen-bond acceptors (Lipinski definition) is 2. The van der Waals surface area contributed by atoms with Crippen molar-refractivity contribution in [3.63, 3.8) is 0 Å². The van der Waals surface area contributed by atoms with E-state index in [0.717, 1.165) is 6.54 Å².